The molecule has 8 N–H and O–H groups in total. The molecule has 0 atom stereocenters. The highest BCUT2D eigenvalue weighted by Gasteiger charge is 2.11. The molecule has 84 valence electrons. The van der Waals surface area contributed by atoms with Crippen LogP contribution in [0.4, 0.5) is 17.8 Å². The van der Waals surface area contributed by atoms with Crippen molar-refractivity contribution in [3.63, 3.8) is 0 Å². The van der Waals surface area contributed by atoms with E-state index in [2.05, 4.69) is 25.8 Å². The second-order valence-corrected chi connectivity index (χ2v) is 4.15. The van der Waals surface area contributed by atoms with Gasteiger partial charge in [0.05, 0.1) is 0 Å². The summed E-state index contributed by atoms with van der Waals surface area (Å²) in [6, 6.07) is 0. The van der Waals surface area contributed by atoms with E-state index in [1.807, 2.05) is 0 Å². The Morgan fingerprint density at radius 2 is 1.73 bits per heavy atom. The van der Waals surface area contributed by atoms with Crippen molar-refractivity contribution in [1.29, 1.82) is 0 Å². The van der Waals surface area contributed by atoms with Gasteiger partial charge in [0.2, 0.25) is 17.8 Å². The van der Waals surface area contributed by atoms with Gasteiger partial charge in [0.1, 0.15) is 6.29 Å². The third-order valence-electron chi connectivity index (χ3n) is 1.16. The maximum absolute atomic E-state index is 10.4. The average Bonchev–Trinajstić information content (AvgIpc) is 1.99. The van der Waals surface area contributed by atoms with Crippen LogP contribution in [0, 0.1) is 0 Å². The molecule has 15 heavy (non-hydrogen) atoms. The van der Waals surface area contributed by atoms with Gasteiger partial charge in [-0.05, 0) is 0 Å². The van der Waals surface area contributed by atoms with Crippen molar-refractivity contribution < 1.29 is 14.4 Å². The Morgan fingerprint density at radius 3 is 2.20 bits per heavy atom. The Hall–Kier alpha value is -1.48. The van der Waals surface area contributed by atoms with Crippen LogP contribution in [0.1, 0.15) is 0 Å². The predicted molar refractivity (Wildman–Crippen MR) is 52.3 cm³/mol. The zero-order valence-electron chi connectivity index (χ0n) is 7.45. The van der Waals surface area contributed by atoms with Crippen LogP contribution in [0.3, 0.4) is 0 Å². The minimum absolute atomic E-state index is 0.0200. The second kappa shape index (κ2) is 4.36. The Morgan fingerprint density at radius 1 is 1.20 bits per heavy atom. The number of nitrogen functional groups attached to an aromatic ring is 2. The molecule has 1 rings (SSSR count). The van der Waals surface area contributed by atoms with Crippen LogP contribution >= 0.6 is 7.60 Å². The first-order valence-electron chi connectivity index (χ1n) is 3.67. The molecule has 0 aliphatic carbocycles. The zero-order valence-corrected chi connectivity index (χ0v) is 8.35. The zero-order chi connectivity index (χ0) is 11.5. The molecule has 0 saturated carbocycles. The quantitative estimate of drug-likeness (QED) is 0.255. The van der Waals surface area contributed by atoms with Crippen molar-refractivity contribution in [2.24, 2.45) is 0 Å². The fraction of sp³-hybridized carbons (Fsp3) is 0.250. The van der Waals surface area contributed by atoms with E-state index < -0.39 is 13.9 Å². The molecule has 0 radical (unpaired) electrons. The van der Waals surface area contributed by atoms with Gasteiger partial charge in [-0.1, -0.05) is 0 Å². The lowest BCUT2D eigenvalue weighted by Gasteiger charge is -2.07. The monoisotopic (exact) mass is 235 g/mol. The number of rotatable bonds is 4. The standard InChI is InChI=1S/C4H10N7O3P/c5-2-8-3(6)10-4(9-2)11-7-1-15(12,13)14/h7H,1H2,(H2,12,13,14)(H5,5,6,8,9,10,11). The first kappa shape index (κ1) is 11.6. The molecule has 0 fully saturated rings. The number of hydrazine groups is 1. The molecule has 1 heterocycles. The maximum atomic E-state index is 10.4. The molecule has 0 saturated heterocycles. The van der Waals surface area contributed by atoms with Gasteiger partial charge >= 0.3 is 7.60 Å². The highest BCUT2D eigenvalue weighted by atomic mass is 31.2. The van der Waals surface area contributed by atoms with Crippen LogP contribution in [0.25, 0.3) is 0 Å². The molecule has 1 aromatic heterocycles. The summed E-state index contributed by atoms with van der Waals surface area (Å²) in [7, 11) is -4.13. The second-order valence-electron chi connectivity index (χ2n) is 2.50. The molecule has 0 aliphatic heterocycles. The van der Waals surface area contributed by atoms with E-state index in [1.54, 1.807) is 0 Å². The van der Waals surface area contributed by atoms with Crippen molar-refractivity contribution in [2.75, 3.05) is 23.2 Å². The number of nitrogens with two attached hydrogens (primary N) is 2. The molecule has 0 bridgehead atoms. The first-order chi connectivity index (χ1) is 6.87. The van der Waals surface area contributed by atoms with Crippen LogP contribution in [0.15, 0.2) is 0 Å². The fourth-order valence-electron chi connectivity index (χ4n) is 0.687. The van der Waals surface area contributed by atoms with Gasteiger partial charge in [-0.25, -0.2) is 5.43 Å². The third kappa shape index (κ3) is 4.51. The van der Waals surface area contributed by atoms with Crippen LogP contribution < -0.4 is 22.3 Å². The Bertz CT molecular complexity index is 372. The molecule has 0 aliphatic rings. The van der Waals surface area contributed by atoms with E-state index in [9.17, 15) is 4.57 Å². The topological polar surface area (TPSA) is 172 Å². The van der Waals surface area contributed by atoms with Gasteiger partial charge in [0.15, 0.2) is 0 Å². The highest BCUT2D eigenvalue weighted by molar-refractivity contribution is 7.51. The minimum atomic E-state index is -4.13. The molecule has 0 spiro atoms. The van der Waals surface area contributed by atoms with Crippen molar-refractivity contribution in [3.8, 4) is 0 Å². The number of hydrogen-bond acceptors (Lipinski definition) is 8. The SMILES string of the molecule is Nc1nc(N)nc(NNCP(=O)(O)O)n1. The van der Waals surface area contributed by atoms with Crippen LogP contribution in [0.2, 0.25) is 0 Å². The van der Waals surface area contributed by atoms with E-state index in [4.69, 9.17) is 21.3 Å². The summed E-state index contributed by atoms with van der Waals surface area (Å²) in [5.74, 6) is -0.209. The van der Waals surface area contributed by atoms with Crippen LogP contribution in [0.5, 0.6) is 0 Å². The summed E-state index contributed by atoms with van der Waals surface area (Å²) in [4.78, 5) is 27.7. The molecule has 0 amide bonds. The number of aromatic nitrogens is 3. The van der Waals surface area contributed by atoms with E-state index >= 15 is 0 Å². The Labute approximate surface area is 84.3 Å². The summed E-state index contributed by atoms with van der Waals surface area (Å²) < 4.78 is 10.4. The number of nitrogens with one attached hydrogen (secondary N) is 2. The fourth-order valence-corrected chi connectivity index (χ4v) is 0.972. The summed E-state index contributed by atoms with van der Waals surface area (Å²) in [5.41, 5.74) is 15.0. The maximum Gasteiger partial charge on any atom is 0.341 e. The van der Waals surface area contributed by atoms with Crippen LogP contribution in [-0.4, -0.2) is 31.0 Å². The molecule has 11 heteroatoms. The minimum Gasteiger partial charge on any atom is -0.368 e. The van der Waals surface area contributed by atoms with Crippen molar-refractivity contribution in [3.05, 3.63) is 0 Å². The van der Waals surface area contributed by atoms with Crippen LogP contribution in [-0.2, 0) is 4.57 Å². The summed E-state index contributed by atoms with van der Waals surface area (Å²) in [6.07, 6.45) is -0.571. The number of nitrogens with zero attached hydrogens (tertiary/aromatic N) is 3. The van der Waals surface area contributed by atoms with E-state index in [0.717, 1.165) is 0 Å². The van der Waals surface area contributed by atoms with Crippen molar-refractivity contribution >= 4 is 25.4 Å². The molecule has 1 aromatic rings. The highest BCUT2D eigenvalue weighted by Crippen LogP contribution is 2.31. The summed E-state index contributed by atoms with van der Waals surface area (Å²) in [6.45, 7) is 0. The van der Waals surface area contributed by atoms with Crippen molar-refractivity contribution in [2.45, 2.75) is 0 Å². The average molecular weight is 235 g/mol. The summed E-state index contributed by atoms with van der Waals surface area (Å²) >= 11 is 0. The largest absolute Gasteiger partial charge is 0.368 e. The van der Waals surface area contributed by atoms with Crippen molar-refractivity contribution in [1.82, 2.24) is 20.4 Å². The first-order valence-corrected chi connectivity index (χ1v) is 5.47. The number of anilines is 3. The lowest BCUT2D eigenvalue weighted by Crippen LogP contribution is -2.24. The van der Waals surface area contributed by atoms with Gasteiger partial charge in [-0.2, -0.15) is 15.0 Å². The van der Waals surface area contributed by atoms with E-state index in [0.29, 0.717) is 0 Å². The molecule has 0 aromatic carbocycles. The van der Waals surface area contributed by atoms with Gasteiger partial charge in [-0.15, -0.1) is 0 Å². The van der Waals surface area contributed by atoms with Gasteiger partial charge in [0, 0.05) is 0 Å². The Balaban J connectivity index is 2.54. The summed E-state index contributed by atoms with van der Waals surface area (Å²) in [5, 5.41) is 0. The van der Waals surface area contributed by atoms with E-state index in [1.165, 1.54) is 0 Å². The lowest BCUT2D eigenvalue weighted by atomic mass is 10.8. The third-order valence-corrected chi connectivity index (χ3v) is 1.73. The predicted octanol–water partition coefficient (Wildman–Crippen LogP) is -1.91. The molecule has 10 nitrogen and oxygen atoms in total. The van der Waals surface area contributed by atoms with Gasteiger partial charge in [0.25, 0.3) is 0 Å². The molecular formula is C4H10N7O3P. The van der Waals surface area contributed by atoms with Gasteiger partial charge < -0.3 is 21.3 Å². The molecular weight excluding hydrogens is 225 g/mol. The normalized spacial score (nSPS) is 11.3. The van der Waals surface area contributed by atoms with E-state index in [-0.39, 0.29) is 17.8 Å². The Kier molecular flexibility index (Phi) is 3.37. The van der Waals surface area contributed by atoms with Gasteiger partial charge in [-0.3, -0.25) is 9.99 Å². The lowest BCUT2D eigenvalue weighted by molar-refractivity contribution is 0.369. The smallest absolute Gasteiger partial charge is 0.341 e. The number of hydrogen-bond donors (Lipinski definition) is 6. The molecule has 0 unspecified atom stereocenters.